The van der Waals surface area contributed by atoms with Crippen LogP contribution in [0.1, 0.15) is 82.7 Å². The molecule has 0 unspecified atom stereocenters. The first-order chi connectivity index (χ1) is 13.5. The standard InChI is InChI=1S/C22H34N2O4/c1-2-3-4-5-6-7-8-9-13-16-19(25)23-17-20(26)24-21(22(27)28)18-14-11-10-12-15-18/h10-12,14-15,21H,2-9,13,16-17H2,1H3,(H,23,25)(H,24,26)(H,27,28)/t21-/m0/s1. The van der Waals surface area contributed by atoms with Gasteiger partial charge in [0.15, 0.2) is 6.04 Å². The first kappa shape index (κ1) is 23.7. The van der Waals surface area contributed by atoms with Crippen LogP contribution in [0.5, 0.6) is 0 Å². The maximum absolute atomic E-state index is 12.0. The number of rotatable bonds is 15. The Labute approximate surface area is 168 Å². The Balaban J connectivity index is 2.15. The lowest BCUT2D eigenvalue weighted by Gasteiger charge is -2.15. The number of unbranched alkanes of at least 4 members (excludes halogenated alkanes) is 8. The van der Waals surface area contributed by atoms with Gasteiger partial charge in [-0.2, -0.15) is 0 Å². The van der Waals surface area contributed by atoms with E-state index in [0.29, 0.717) is 12.0 Å². The van der Waals surface area contributed by atoms with Gasteiger partial charge in [-0.15, -0.1) is 0 Å². The molecule has 1 atom stereocenters. The Bertz CT molecular complexity index is 589. The maximum atomic E-state index is 12.0. The SMILES string of the molecule is CCCCCCCCCCCC(=O)NCC(=O)N[C@H](C(=O)O)c1ccccc1. The van der Waals surface area contributed by atoms with E-state index in [9.17, 15) is 19.5 Å². The Hall–Kier alpha value is -2.37. The highest BCUT2D eigenvalue weighted by Gasteiger charge is 2.21. The van der Waals surface area contributed by atoms with Gasteiger partial charge in [0.1, 0.15) is 0 Å². The van der Waals surface area contributed by atoms with E-state index in [0.717, 1.165) is 19.3 Å². The summed E-state index contributed by atoms with van der Waals surface area (Å²) >= 11 is 0. The molecule has 1 aromatic rings. The van der Waals surface area contributed by atoms with Crippen LogP contribution in [0.2, 0.25) is 0 Å². The van der Waals surface area contributed by atoms with Crippen LogP contribution in [0.4, 0.5) is 0 Å². The normalized spacial score (nSPS) is 11.6. The lowest BCUT2D eigenvalue weighted by molar-refractivity contribution is -0.141. The van der Waals surface area contributed by atoms with Crippen LogP contribution < -0.4 is 10.6 Å². The van der Waals surface area contributed by atoms with E-state index in [1.165, 1.54) is 38.5 Å². The van der Waals surface area contributed by atoms with Crippen LogP contribution in [0.15, 0.2) is 30.3 Å². The van der Waals surface area contributed by atoms with Crippen LogP contribution in [0.25, 0.3) is 0 Å². The third-order valence-electron chi connectivity index (χ3n) is 4.64. The summed E-state index contributed by atoms with van der Waals surface area (Å²) in [6.45, 7) is 2.00. The summed E-state index contributed by atoms with van der Waals surface area (Å²) in [5.41, 5.74) is 0.490. The molecule has 0 aliphatic heterocycles. The fourth-order valence-corrected chi connectivity index (χ4v) is 3.01. The third-order valence-corrected chi connectivity index (χ3v) is 4.64. The number of hydrogen-bond acceptors (Lipinski definition) is 3. The van der Waals surface area contributed by atoms with Crippen molar-refractivity contribution < 1.29 is 19.5 Å². The fraction of sp³-hybridized carbons (Fsp3) is 0.591. The zero-order chi connectivity index (χ0) is 20.6. The lowest BCUT2D eigenvalue weighted by atomic mass is 10.1. The number of aliphatic carboxylic acids is 1. The van der Waals surface area contributed by atoms with Crippen LogP contribution >= 0.6 is 0 Å². The maximum Gasteiger partial charge on any atom is 0.330 e. The van der Waals surface area contributed by atoms with Gasteiger partial charge < -0.3 is 15.7 Å². The molecule has 2 amide bonds. The average molecular weight is 391 g/mol. The molecule has 156 valence electrons. The zero-order valence-electron chi connectivity index (χ0n) is 16.9. The minimum atomic E-state index is -1.14. The van der Waals surface area contributed by atoms with E-state index in [-0.39, 0.29) is 12.5 Å². The monoisotopic (exact) mass is 390 g/mol. The van der Waals surface area contributed by atoms with Gasteiger partial charge >= 0.3 is 5.97 Å². The fourth-order valence-electron chi connectivity index (χ4n) is 3.01. The van der Waals surface area contributed by atoms with Crippen molar-refractivity contribution in [2.24, 2.45) is 0 Å². The van der Waals surface area contributed by atoms with Crippen LogP contribution in [-0.2, 0) is 14.4 Å². The number of carboxylic acids is 1. The van der Waals surface area contributed by atoms with Crippen molar-refractivity contribution >= 4 is 17.8 Å². The van der Waals surface area contributed by atoms with Gasteiger partial charge in [0.2, 0.25) is 11.8 Å². The van der Waals surface area contributed by atoms with E-state index < -0.39 is 17.9 Å². The van der Waals surface area contributed by atoms with Gasteiger partial charge in [-0.3, -0.25) is 9.59 Å². The molecule has 0 saturated carbocycles. The predicted octanol–water partition coefficient (Wildman–Crippen LogP) is 3.97. The molecule has 0 aromatic heterocycles. The topological polar surface area (TPSA) is 95.5 Å². The lowest BCUT2D eigenvalue weighted by Crippen LogP contribution is -2.40. The van der Waals surface area contributed by atoms with Crippen molar-refractivity contribution in [3.8, 4) is 0 Å². The molecule has 6 nitrogen and oxygen atoms in total. The Morgan fingerprint density at radius 1 is 0.857 bits per heavy atom. The first-order valence-corrected chi connectivity index (χ1v) is 10.4. The molecule has 28 heavy (non-hydrogen) atoms. The molecule has 3 N–H and O–H groups in total. The molecule has 0 aliphatic rings. The Morgan fingerprint density at radius 2 is 1.43 bits per heavy atom. The van der Waals surface area contributed by atoms with Gasteiger partial charge in [-0.1, -0.05) is 88.6 Å². The summed E-state index contributed by atoms with van der Waals surface area (Å²) in [6, 6.07) is 7.36. The summed E-state index contributed by atoms with van der Waals surface area (Å²) in [5.74, 6) is -1.83. The van der Waals surface area contributed by atoms with Gasteiger partial charge in [0, 0.05) is 6.42 Å². The highest BCUT2D eigenvalue weighted by atomic mass is 16.4. The highest BCUT2D eigenvalue weighted by Crippen LogP contribution is 2.12. The second kappa shape index (κ2) is 14.7. The zero-order valence-corrected chi connectivity index (χ0v) is 16.9. The molecule has 0 heterocycles. The van der Waals surface area contributed by atoms with Gasteiger partial charge in [-0.25, -0.2) is 4.79 Å². The van der Waals surface area contributed by atoms with Crippen molar-refractivity contribution in [1.82, 2.24) is 10.6 Å². The number of carbonyl (C=O) groups is 3. The summed E-state index contributed by atoms with van der Waals surface area (Å²) in [7, 11) is 0. The summed E-state index contributed by atoms with van der Waals surface area (Å²) in [6.07, 6.45) is 11.0. The smallest absolute Gasteiger partial charge is 0.330 e. The number of benzene rings is 1. The molecule has 1 rings (SSSR count). The second-order valence-corrected chi connectivity index (χ2v) is 7.10. The molecule has 0 saturated heterocycles. The number of carbonyl (C=O) groups excluding carboxylic acids is 2. The number of nitrogens with one attached hydrogen (secondary N) is 2. The van der Waals surface area contributed by atoms with E-state index in [4.69, 9.17) is 0 Å². The van der Waals surface area contributed by atoms with Crippen molar-refractivity contribution in [2.75, 3.05) is 6.54 Å². The van der Waals surface area contributed by atoms with Crippen molar-refractivity contribution in [3.63, 3.8) is 0 Å². The summed E-state index contributed by atoms with van der Waals surface area (Å²) < 4.78 is 0. The summed E-state index contributed by atoms with van der Waals surface area (Å²) in [5, 5.41) is 14.3. The molecule has 0 bridgehead atoms. The molecule has 0 radical (unpaired) electrons. The molecular weight excluding hydrogens is 356 g/mol. The quantitative estimate of drug-likeness (QED) is 0.395. The third kappa shape index (κ3) is 10.7. The number of carboxylic acid groups (broad SMARTS) is 1. The van der Waals surface area contributed by atoms with Gasteiger partial charge in [0.25, 0.3) is 0 Å². The Kier molecular flexibility index (Phi) is 12.4. The molecule has 0 fully saturated rings. The van der Waals surface area contributed by atoms with E-state index >= 15 is 0 Å². The first-order valence-electron chi connectivity index (χ1n) is 10.4. The highest BCUT2D eigenvalue weighted by molar-refractivity contribution is 5.88. The van der Waals surface area contributed by atoms with Crippen molar-refractivity contribution in [2.45, 2.75) is 77.2 Å². The predicted molar refractivity (Wildman–Crippen MR) is 110 cm³/mol. The van der Waals surface area contributed by atoms with Crippen LogP contribution in [0.3, 0.4) is 0 Å². The van der Waals surface area contributed by atoms with E-state index in [1.807, 2.05) is 0 Å². The number of amides is 2. The molecule has 1 aromatic carbocycles. The minimum absolute atomic E-state index is 0.176. The molecule has 0 spiro atoms. The Morgan fingerprint density at radius 3 is 2.00 bits per heavy atom. The van der Waals surface area contributed by atoms with Crippen LogP contribution in [-0.4, -0.2) is 29.4 Å². The largest absolute Gasteiger partial charge is 0.479 e. The second-order valence-electron chi connectivity index (χ2n) is 7.10. The number of hydrogen-bond donors (Lipinski definition) is 3. The van der Waals surface area contributed by atoms with E-state index in [2.05, 4.69) is 17.6 Å². The molecule has 0 aliphatic carbocycles. The van der Waals surface area contributed by atoms with E-state index in [1.54, 1.807) is 30.3 Å². The minimum Gasteiger partial charge on any atom is -0.479 e. The van der Waals surface area contributed by atoms with Gasteiger partial charge in [-0.05, 0) is 12.0 Å². The molecule has 6 heteroatoms. The average Bonchev–Trinajstić information content (AvgIpc) is 2.69. The van der Waals surface area contributed by atoms with Crippen molar-refractivity contribution in [1.29, 1.82) is 0 Å². The van der Waals surface area contributed by atoms with Crippen LogP contribution in [0, 0.1) is 0 Å². The summed E-state index contributed by atoms with van der Waals surface area (Å²) in [4.78, 5) is 35.2. The van der Waals surface area contributed by atoms with Gasteiger partial charge in [0.05, 0.1) is 6.54 Å². The van der Waals surface area contributed by atoms with Crippen molar-refractivity contribution in [3.05, 3.63) is 35.9 Å². The molecular formula is C22H34N2O4.